The topological polar surface area (TPSA) is 83.6 Å². The minimum absolute atomic E-state index is 0.0281. The van der Waals surface area contributed by atoms with Crippen LogP contribution in [0.2, 0.25) is 0 Å². The van der Waals surface area contributed by atoms with E-state index in [-0.39, 0.29) is 11.8 Å². The lowest BCUT2D eigenvalue weighted by atomic mass is 10.1. The van der Waals surface area contributed by atoms with Crippen molar-refractivity contribution in [1.82, 2.24) is 24.7 Å². The summed E-state index contributed by atoms with van der Waals surface area (Å²) in [5.41, 5.74) is 1.27. The van der Waals surface area contributed by atoms with Crippen molar-refractivity contribution >= 4 is 11.8 Å². The number of hydrogen-bond acceptors (Lipinski definition) is 5. The molecule has 0 radical (unpaired) electrons. The van der Waals surface area contributed by atoms with Crippen LogP contribution in [0, 0.1) is 6.92 Å². The number of oxazole rings is 1. The minimum atomic E-state index is -0.391. The molecular weight excluding hydrogens is 358 g/mol. The monoisotopic (exact) mass is 387 g/mol. The van der Waals surface area contributed by atoms with E-state index in [0.29, 0.717) is 37.3 Å². The number of nitrogens with zero attached hydrogens (tertiary/aromatic N) is 4. The summed E-state index contributed by atoms with van der Waals surface area (Å²) in [5, 5.41) is 2.93. The Morgan fingerprint density at radius 1 is 1.36 bits per heavy atom. The molecule has 2 aromatic rings. The Hall–Kier alpha value is -2.61. The van der Waals surface area contributed by atoms with Crippen LogP contribution in [-0.2, 0) is 4.79 Å². The van der Waals surface area contributed by atoms with Crippen molar-refractivity contribution in [2.45, 2.75) is 38.8 Å². The summed E-state index contributed by atoms with van der Waals surface area (Å²) in [4.78, 5) is 32.8. The van der Waals surface area contributed by atoms with Gasteiger partial charge < -0.3 is 19.2 Å². The zero-order valence-corrected chi connectivity index (χ0v) is 17.0. The number of amides is 2. The van der Waals surface area contributed by atoms with Crippen molar-refractivity contribution in [2.24, 2.45) is 0 Å². The summed E-state index contributed by atoms with van der Waals surface area (Å²) < 4.78 is 7.31. The Kier molecular flexibility index (Phi) is 6.18. The number of carbonyl (C=O) groups is 2. The second-order valence-corrected chi connectivity index (χ2v) is 7.38. The largest absolute Gasteiger partial charge is 0.448 e. The summed E-state index contributed by atoms with van der Waals surface area (Å²) >= 11 is 0. The van der Waals surface area contributed by atoms with Gasteiger partial charge >= 0.3 is 0 Å². The van der Waals surface area contributed by atoms with Gasteiger partial charge in [-0.05, 0) is 38.4 Å². The number of likely N-dealkylation sites (N-methyl/N-ethyl adjacent to an activating group) is 3. The molecule has 1 aliphatic rings. The first-order chi connectivity index (χ1) is 13.4. The smallest absolute Gasteiger partial charge is 0.275 e. The Morgan fingerprint density at radius 3 is 2.71 bits per heavy atom. The second kappa shape index (κ2) is 8.60. The van der Waals surface area contributed by atoms with Crippen LogP contribution in [0.25, 0.3) is 0 Å². The lowest BCUT2D eigenvalue weighted by Gasteiger charge is -2.28. The van der Waals surface area contributed by atoms with Gasteiger partial charge in [-0.1, -0.05) is 0 Å². The van der Waals surface area contributed by atoms with E-state index in [1.54, 1.807) is 18.9 Å². The molecule has 0 saturated heterocycles. The van der Waals surface area contributed by atoms with Crippen LogP contribution >= 0.6 is 0 Å². The predicted octanol–water partition coefficient (Wildman–Crippen LogP) is 2.00. The maximum Gasteiger partial charge on any atom is 0.275 e. The van der Waals surface area contributed by atoms with Crippen LogP contribution in [0.15, 0.2) is 29.1 Å². The van der Waals surface area contributed by atoms with Crippen LogP contribution in [0.4, 0.5) is 0 Å². The fourth-order valence-corrected chi connectivity index (χ4v) is 3.26. The SMILES string of the molecule is CCNC(=O)C(c1ccn(C2CC2)c1)N(C)CCN(C)C(=O)c1coc(C)n1. The Morgan fingerprint density at radius 2 is 2.11 bits per heavy atom. The number of aromatic nitrogens is 2. The Balaban J connectivity index is 1.65. The van der Waals surface area contributed by atoms with E-state index in [9.17, 15) is 9.59 Å². The van der Waals surface area contributed by atoms with E-state index >= 15 is 0 Å². The van der Waals surface area contributed by atoms with Gasteiger partial charge in [0.1, 0.15) is 12.3 Å². The molecule has 2 amide bonds. The first-order valence-corrected chi connectivity index (χ1v) is 9.73. The first kappa shape index (κ1) is 20.1. The minimum Gasteiger partial charge on any atom is -0.448 e. The Bertz CT molecular complexity index is 823. The lowest BCUT2D eigenvalue weighted by Crippen LogP contribution is -2.42. The highest BCUT2D eigenvalue weighted by atomic mass is 16.3. The van der Waals surface area contributed by atoms with Crippen LogP contribution in [-0.4, -0.2) is 64.9 Å². The Labute approximate surface area is 165 Å². The fourth-order valence-electron chi connectivity index (χ4n) is 3.26. The van der Waals surface area contributed by atoms with Gasteiger partial charge in [0.25, 0.3) is 5.91 Å². The number of nitrogens with one attached hydrogen (secondary N) is 1. The van der Waals surface area contributed by atoms with Gasteiger partial charge in [-0.2, -0.15) is 0 Å². The van der Waals surface area contributed by atoms with E-state index < -0.39 is 6.04 Å². The van der Waals surface area contributed by atoms with Gasteiger partial charge in [-0.15, -0.1) is 0 Å². The highest BCUT2D eigenvalue weighted by molar-refractivity contribution is 5.91. The van der Waals surface area contributed by atoms with E-state index in [4.69, 9.17) is 4.42 Å². The van der Waals surface area contributed by atoms with Crippen LogP contribution in [0.1, 0.15) is 53.8 Å². The third-order valence-corrected chi connectivity index (χ3v) is 5.03. The molecule has 1 unspecified atom stereocenters. The standard InChI is InChI=1S/C20H29N5O3/c1-5-21-19(26)18(15-8-9-25(12-15)16-6-7-16)23(3)10-11-24(4)20(27)17-13-28-14(2)22-17/h8-9,12-13,16,18H,5-7,10-11H2,1-4H3,(H,21,26). The third kappa shape index (κ3) is 4.62. The summed E-state index contributed by atoms with van der Waals surface area (Å²) in [7, 11) is 3.64. The molecule has 1 N–H and O–H groups in total. The molecule has 1 fully saturated rings. The summed E-state index contributed by atoms with van der Waals surface area (Å²) in [6, 6.07) is 2.20. The zero-order chi connectivity index (χ0) is 20.3. The van der Waals surface area contributed by atoms with Gasteiger partial charge in [0.05, 0.1) is 0 Å². The van der Waals surface area contributed by atoms with E-state index in [2.05, 4.69) is 27.3 Å². The number of hydrogen-bond donors (Lipinski definition) is 1. The van der Waals surface area contributed by atoms with E-state index in [1.165, 1.54) is 19.1 Å². The van der Waals surface area contributed by atoms with Crippen LogP contribution in [0.5, 0.6) is 0 Å². The van der Waals surface area contributed by atoms with Crippen molar-refractivity contribution in [1.29, 1.82) is 0 Å². The predicted molar refractivity (Wildman–Crippen MR) is 105 cm³/mol. The average molecular weight is 387 g/mol. The molecule has 1 saturated carbocycles. The maximum absolute atomic E-state index is 12.7. The molecule has 8 heteroatoms. The molecular formula is C20H29N5O3. The van der Waals surface area contributed by atoms with Crippen molar-refractivity contribution < 1.29 is 14.0 Å². The highest BCUT2D eigenvalue weighted by Crippen LogP contribution is 2.36. The van der Waals surface area contributed by atoms with Crippen LogP contribution in [0.3, 0.4) is 0 Å². The average Bonchev–Trinajstić information content (AvgIpc) is 3.25. The number of rotatable bonds is 9. The van der Waals surface area contributed by atoms with E-state index in [0.717, 1.165) is 5.56 Å². The summed E-state index contributed by atoms with van der Waals surface area (Å²) in [6.45, 7) is 5.22. The van der Waals surface area contributed by atoms with Crippen molar-refractivity contribution in [3.05, 3.63) is 41.9 Å². The van der Waals surface area contributed by atoms with Gasteiger partial charge in [-0.25, -0.2) is 4.98 Å². The highest BCUT2D eigenvalue weighted by Gasteiger charge is 2.29. The van der Waals surface area contributed by atoms with Gasteiger partial charge in [0, 0.05) is 52.0 Å². The van der Waals surface area contributed by atoms with Crippen molar-refractivity contribution in [2.75, 3.05) is 33.7 Å². The fraction of sp³-hybridized carbons (Fsp3) is 0.550. The van der Waals surface area contributed by atoms with E-state index in [1.807, 2.05) is 24.9 Å². The second-order valence-electron chi connectivity index (χ2n) is 7.38. The first-order valence-electron chi connectivity index (χ1n) is 9.73. The van der Waals surface area contributed by atoms with Crippen molar-refractivity contribution in [3.8, 4) is 0 Å². The normalized spacial score (nSPS) is 14.9. The molecule has 152 valence electrons. The molecule has 3 rings (SSSR count). The molecule has 2 heterocycles. The van der Waals surface area contributed by atoms with Gasteiger partial charge in [-0.3, -0.25) is 14.5 Å². The molecule has 8 nitrogen and oxygen atoms in total. The molecule has 0 aromatic carbocycles. The molecule has 0 aliphatic heterocycles. The lowest BCUT2D eigenvalue weighted by molar-refractivity contribution is -0.126. The molecule has 0 spiro atoms. The van der Waals surface area contributed by atoms with Crippen molar-refractivity contribution in [3.63, 3.8) is 0 Å². The third-order valence-electron chi connectivity index (χ3n) is 5.03. The summed E-state index contributed by atoms with van der Waals surface area (Å²) in [6.07, 6.45) is 7.89. The maximum atomic E-state index is 12.7. The molecule has 1 aliphatic carbocycles. The molecule has 2 aromatic heterocycles. The quantitative estimate of drug-likeness (QED) is 0.712. The molecule has 1 atom stereocenters. The van der Waals surface area contributed by atoms with Gasteiger partial charge in [0.15, 0.2) is 11.6 Å². The molecule has 0 bridgehead atoms. The van der Waals surface area contributed by atoms with Crippen LogP contribution < -0.4 is 5.32 Å². The number of carbonyl (C=O) groups excluding carboxylic acids is 2. The summed E-state index contributed by atoms with van der Waals surface area (Å²) in [5.74, 6) is 0.240. The number of aryl methyl sites for hydroxylation is 1. The zero-order valence-electron chi connectivity index (χ0n) is 17.0. The van der Waals surface area contributed by atoms with Gasteiger partial charge in [0.2, 0.25) is 5.91 Å². The molecule has 28 heavy (non-hydrogen) atoms.